The molecule has 1 heterocycles. The molecule has 2 aromatic rings. The van der Waals surface area contributed by atoms with Gasteiger partial charge in [-0.1, -0.05) is 48.2 Å². The van der Waals surface area contributed by atoms with Crippen molar-refractivity contribution < 1.29 is 5.11 Å². The molecule has 0 fully saturated rings. The van der Waals surface area contributed by atoms with Gasteiger partial charge in [0.15, 0.2) is 0 Å². The lowest BCUT2D eigenvalue weighted by Crippen LogP contribution is -2.30. The average Bonchev–Trinajstić information content (AvgIpc) is 2.46. The fourth-order valence-electron chi connectivity index (χ4n) is 2.07. The van der Waals surface area contributed by atoms with E-state index in [0.717, 1.165) is 11.8 Å². The maximum atomic E-state index is 9.66. The minimum Gasteiger partial charge on any atom is -0.507 e. The molecule has 2 heteroatoms. The van der Waals surface area contributed by atoms with Crippen molar-refractivity contribution in [1.29, 1.82) is 0 Å². The van der Waals surface area contributed by atoms with E-state index in [2.05, 4.69) is 29.0 Å². The van der Waals surface area contributed by atoms with Gasteiger partial charge in [-0.3, -0.25) is 4.99 Å². The van der Waals surface area contributed by atoms with Gasteiger partial charge in [0, 0.05) is 0 Å². The van der Waals surface area contributed by atoms with Crippen molar-refractivity contribution in [3.05, 3.63) is 64.7 Å². The van der Waals surface area contributed by atoms with Crippen molar-refractivity contribution in [2.45, 2.75) is 12.5 Å². The third-order valence-electron chi connectivity index (χ3n) is 3.07. The zero-order chi connectivity index (χ0) is 13.1. The third-order valence-corrected chi connectivity index (χ3v) is 3.07. The van der Waals surface area contributed by atoms with Crippen LogP contribution < -0.4 is 10.6 Å². The Morgan fingerprint density at radius 1 is 1.05 bits per heavy atom. The highest BCUT2D eigenvalue weighted by molar-refractivity contribution is 5.46. The molecule has 19 heavy (non-hydrogen) atoms. The van der Waals surface area contributed by atoms with Gasteiger partial charge in [-0.15, -0.1) is 0 Å². The topological polar surface area (TPSA) is 32.6 Å². The Morgan fingerprint density at radius 2 is 1.84 bits per heavy atom. The van der Waals surface area contributed by atoms with E-state index < -0.39 is 0 Å². The van der Waals surface area contributed by atoms with Crippen molar-refractivity contribution in [3.8, 4) is 17.6 Å². The first-order valence-electron chi connectivity index (χ1n) is 6.25. The Bertz CT molecular complexity index is 781. The van der Waals surface area contributed by atoms with Crippen molar-refractivity contribution in [2.75, 3.05) is 0 Å². The highest BCUT2D eigenvalue weighted by Gasteiger charge is 2.04. The van der Waals surface area contributed by atoms with Crippen LogP contribution in [0.25, 0.3) is 6.08 Å². The summed E-state index contributed by atoms with van der Waals surface area (Å²) in [7, 11) is 0. The van der Waals surface area contributed by atoms with Gasteiger partial charge < -0.3 is 5.11 Å². The van der Waals surface area contributed by atoms with E-state index in [0.29, 0.717) is 5.56 Å². The lowest BCUT2D eigenvalue weighted by atomic mass is 10.1. The largest absolute Gasteiger partial charge is 0.507 e. The summed E-state index contributed by atoms with van der Waals surface area (Å²) in [6.07, 6.45) is 2.98. The van der Waals surface area contributed by atoms with Crippen LogP contribution in [0.2, 0.25) is 0 Å². The quantitative estimate of drug-likeness (QED) is 0.705. The molecule has 1 atom stereocenters. The first kappa shape index (κ1) is 11.6. The Labute approximate surface area is 111 Å². The molecule has 1 unspecified atom stereocenters. The summed E-state index contributed by atoms with van der Waals surface area (Å²) in [6, 6.07) is 15.1. The van der Waals surface area contributed by atoms with Gasteiger partial charge in [0.2, 0.25) is 0 Å². The van der Waals surface area contributed by atoms with E-state index in [1.54, 1.807) is 12.1 Å². The average molecular weight is 247 g/mol. The van der Waals surface area contributed by atoms with Crippen molar-refractivity contribution in [3.63, 3.8) is 0 Å². The maximum Gasteiger partial charge on any atom is 0.131 e. The molecule has 2 nitrogen and oxygen atoms in total. The zero-order valence-corrected chi connectivity index (χ0v) is 10.4. The number of nitrogens with zero attached hydrogens (tertiary/aromatic N) is 1. The van der Waals surface area contributed by atoms with Gasteiger partial charge >= 0.3 is 0 Å². The summed E-state index contributed by atoms with van der Waals surface area (Å²) in [4.78, 5) is 4.60. The fraction of sp³-hybridized carbons (Fsp3) is 0.118. The molecule has 92 valence electrons. The number of para-hydroxylation sites is 2. The van der Waals surface area contributed by atoms with E-state index in [4.69, 9.17) is 0 Å². The summed E-state index contributed by atoms with van der Waals surface area (Å²) < 4.78 is 0. The molecule has 0 spiro atoms. The molecule has 0 amide bonds. The van der Waals surface area contributed by atoms with Crippen LogP contribution in [0, 0.1) is 11.8 Å². The van der Waals surface area contributed by atoms with Crippen molar-refractivity contribution in [2.24, 2.45) is 4.99 Å². The molecule has 1 aliphatic rings. The number of aromatic hydroxyl groups is 1. The Hall–Kier alpha value is -2.53. The van der Waals surface area contributed by atoms with Crippen LogP contribution in [0.3, 0.4) is 0 Å². The fourth-order valence-corrected chi connectivity index (χ4v) is 2.07. The van der Waals surface area contributed by atoms with Crippen molar-refractivity contribution in [1.82, 2.24) is 0 Å². The molecule has 0 bridgehead atoms. The van der Waals surface area contributed by atoms with Gasteiger partial charge in [0.1, 0.15) is 11.8 Å². The SMILES string of the molecule is Oc1ccccc1C#CC1CC=c2ccccc2=N1. The number of fused-ring (bicyclic) bond motifs is 1. The second kappa shape index (κ2) is 4.99. The normalized spacial score (nSPS) is 16.3. The summed E-state index contributed by atoms with van der Waals surface area (Å²) in [5, 5.41) is 11.8. The van der Waals surface area contributed by atoms with E-state index in [9.17, 15) is 5.11 Å². The van der Waals surface area contributed by atoms with E-state index >= 15 is 0 Å². The van der Waals surface area contributed by atoms with Crippen LogP contribution >= 0.6 is 0 Å². The molecule has 0 saturated carbocycles. The first-order valence-corrected chi connectivity index (χ1v) is 6.25. The number of phenols is 1. The maximum absolute atomic E-state index is 9.66. The van der Waals surface area contributed by atoms with E-state index in [1.807, 2.05) is 30.3 Å². The molecule has 0 radical (unpaired) electrons. The highest BCUT2D eigenvalue weighted by Crippen LogP contribution is 2.13. The molecular formula is C17H13NO. The molecule has 1 aliphatic heterocycles. The Morgan fingerprint density at radius 3 is 2.74 bits per heavy atom. The van der Waals surface area contributed by atoms with Crippen LogP contribution in [-0.4, -0.2) is 11.1 Å². The van der Waals surface area contributed by atoms with Gasteiger partial charge in [-0.05, 0) is 29.8 Å². The predicted molar refractivity (Wildman–Crippen MR) is 75.1 cm³/mol. The standard InChI is InChI=1S/C17H13NO/c19-17-8-4-2-6-14(17)10-12-15-11-9-13-5-1-3-7-16(13)18-15/h1-9,15,19H,11H2. The van der Waals surface area contributed by atoms with E-state index in [-0.39, 0.29) is 11.8 Å². The van der Waals surface area contributed by atoms with E-state index in [1.165, 1.54) is 5.22 Å². The molecule has 0 aromatic heterocycles. The molecule has 0 aliphatic carbocycles. The third kappa shape index (κ3) is 2.51. The Balaban J connectivity index is 1.92. The van der Waals surface area contributed by atoms with Gasteiger partial charge in [-0.25, -0.2) is 0 Å². The molecular weight excluding hydrogens is 234 g/mol. The van der Waals surface area contributed by atoms with Gasteiger partial charge in [0.25, 0.3) is 0 Å². The van der Waals surface area contributed by atoms with Crippen LogP contribution in [-0.2, 0) is 0 Å². The number of phenolic OH excluding ortho intramolecular Hbond substituents is 1. The predicted octanol–water partition coefficient (Wildman–Crippen LogP) is 1.62. The van der Waals surface area contributed by atoms with Crippen LogP contribution in [0.15, 0.2) is 53.5 Å². The molecule has 0 saturated heterocycles. The monoisotopic (exact) mass is 247 g/mol. The smallest absolute Gasteiger partial charge is 0.131 e. The zero-order valence-electron chi connectivity index (χ0n) is 10.4. The lowest BCUT2D eigenvalue weighted by molar-refractivity contribution is 0.473. The number of hydrogen-bond donors (Lipinski definition) is 1. The molecule has 3 rings (SSSR count). The summed E-state index contributed by atoms with van der Waals surface area (Å²) in [5.74, 6) is 6.33. The summed E-state index contributed by atoms with van der Waals surface area (Å²) in [5.41, 5.74) is 0.650. The van der Waals surface area contributed by atoms with Gasteiger partial charge in [0.05, 0.1) is 10.9 Å². The minimum absolute atomic E-state index is 0.0329. The molecule has 1 N–H and O–H groups in total. The van der Waals surface area contributed by atoms with Crippen molar-refractivity contribution >= 4 is 6.08 Å². The minimum atomic E-state index is -0.0329. The van der Waals surface area contributed by atoms with Crippen LogP contribution in [0.5, 0.6) is 5.75 Å². The summed E-state index contributed by atoms with van der Waals surface area (Å²) >= 11 is 0. The van der Waals surface area contributed by atoms with Gasteiger partial charge in [-0.2, -0.15) is 0 Å². The lowest BCUT2D eigenvalue weighted by Gasteiger charge is -2.06. The second-order valence-electron chi connectivity index (χ2n) is 4.43. The highest BCUT2D eigenvalue weighted by atomic mass is 16.3. The Kier molecular flexibility index (Phi) is 3.04. The van der Waals surface area contributed by atoms with Crippen LogP contribution in [0.1, 0.15) is 12.0 Å². The number of rotatable bonds is 0. The summed E-state index contributed by atoms with van der Waals surface area (Å²) in [6.45, 7) is 0. The first-order chi connectivity index (χ1) is 9.33. The second-order valence-corrected chi connectivity index (χ2v) is 4.43. The number of hydrogen-bond acceptors (Lipinski definition) is 2. The number of benzene rings is 2. The molecule has 2 aromatic carbocycles. The van der Waals surface area contributed by atoms with Crippen LogP contribution in [0.4, 0.5) is 0 Å².